The quantitative estimate of drug-likeness (QED) is 0.734. The van der Waals surface area contributed by atoms with Crippen LogP contribution in [0.5, 0.6) is 5.75 Å². The van der Waals surface area contributed by atoms with Crippen molar-refractivity contribution in [2.24, 2.45) is 0 Å². The Hall–Kier alpha value is -0.740. The van der Waals surface area contributed by atoms with E-state index in [1.807, 2.05) is 30.8 Å². The summed E-state index contributed by atoms with van der Waals surface area (Å²) in [5, 5.41) is 3.49. The maximum atomic E-state index is 5.82. The molecule has 0 amide bonds. The zero-order valence-corrected chi connectivity index (χ0v) is 12.1. The van der Waals surface area contributed by atoms with E-state index >= 15 is 0 Å². The second kappa shape index (κ2) is 7.00. The maximum absolute atomic E-state index is 5.82. The number of rotatable bonds is 8. The molecule has 18 heavy (non-hydrogen) atoms. The Morgan fingerprint density at radius 3 is 3.00 bits per heavy atom. The van der Waals surface area contributed by atoms with Crippen LogP contribution in [-0.4, -0.2) is 29.1 Å². The van der Waals surface area contributed by atoms with Crippen LogP contribution in [0, 0.1) is 6.92 Å². The van der Waals surface area contributed by atoms with Crippen LogP contribution >= 0.6 is 11.8 Å². The SMILES string of the molecule is CCSCCOc1ccc(C)nc1CNC1CC1. The first kappa shape index (κ1) is 13.7. The lowest BCUT2D eigenvalue weighted by atomic mass is 10.3. The van der Waals surface area contributed by atoms with Crippen LogP contribution in [0.15, 0.2) is 12.1 Å². The third kappa shape index (κ3) is 4.50. The standard InChI is InChI=1S/C14H22N2OS/c1-3-18-9-8-17-14-7-4-11(2)16-13(14)10-15-12-5-6-12/h4,7,12,15H,3,5-6,8-10H2,1-2H3. The first-order valence-electron chi connectivity index (χ1n) is 6.70. The summed E-state index contributed by atoms with van der Waals surface area (Å²) in [6, 6.07) is 4.77. The average molecular weight is 266 g/mol. The summed E-state index contributed by atoms with van der Waals surface area (Å²) in [4.78, 5) is 4.58. The van der Waals surface area contributed by atoms with Gasteiger partial charge in [0.2, 0.25) is 0 Å². The monoisotopic (exact) mass is 266 g/mol. The molecule has 1 saturated carbocycles. The first-order valence-corrected chi connectivity index (χ1v) is 7.85. The third-order valence-electron chi connectivity index (χ3n) is 2.90. The predicted molar refractivity (Wildman–Crippen MR) is 77.3 cm³/mol. The van der Waals surface area contributed by atoms with Gasteiger partial charge >= 0.3 is 0 Å². The number of ether oxygens (including phenoxy) is 1. The maximum Gasteiger partial charge on any atom is 0.142 e. The zero-order chi connectivity index (χ0) is 12.8. The molecular formula is C14H22N2OS. The Balaban J connectivity index is 1.88. The van der Waals surface area contributed by atoms with Crippen LogP contribution in [0.25, 0.3) is 0 Å². The molecule has 3 nitrogen and oxygen atoms in total. The highest BCUT2D eigenvalue weighted by molar-refractivity contribution is 7.99. The number of aromatic nitrogens is 1. The molecule has 0 atom stereocenters. The van der Waals surface area contributed by atoms with E-state index in [4.69, 9.17) is 4.74 Å². The molecule has 1 fully saturated rings. The van der Waals surface area contributed by atoms with E-state index in [2.05, 4.69) is 17.2 Å². The molecule has 1 heterocycles. The van der Waals surface area contributed by atoms with E-state index in [1.165, 1.54) is 12.8 Å². The Morgan fingerprint density at radius 1 is 1.44 bits per heavy atom. The summed E-state index contributed by atoms with van der Waals surface area (Å²) in [7, 11) is 0. The van der Waals surface area contributed by atoms with Crippen molar-refractivity contribution in [3.05, 3.63) is 23.5 Å². The van der Waals surface area contributed by atoms with E-state index in [0.717, 1.165) is 41.8 Å². The van der Waals surface area contributed by atoms with Crippen LogP contribution in [0.1, 0.15) is 31.2 Å². The van der Waals surface area contributed by atoms with Crippen molar-refractivity contribution in [1.29, 1.82) is 0 Å². The molecular weight excluding hydrogens is 244 g/mol. The molecule has 0 spiro atoms. The molecule has 1 N–H and O–H groups in total. The zero-order valence-electron chi connectivity index (χ0n) is 11.2. The van der Waals surface area contributed by atoms with Gasteiger partial charge in [-0.2, -0.15) is 11.8 Å². The van der Waals surface area contributed by atoms with Gasteiger partial charge in [-0.05, 0) is 37.7 Å². The molecule has 0 aliphatic heterocycles. The van der Waals surface area contributed by atoms with Gasteiger partial charge < -0.3 is 10.1 Å². The molecule has 1 aromatic heterocycles. The van der Waals surface area contributed by atoms with Gasteiger partial charge in [-0.25, -0.2) is 0 Å². The van der Waals surface area contributed by atoms with Gasteiger partial charge in [0.25, 0.3) is 0 Å². The Kier molecular flexibility index (Phi) is 5.32. The van der Waals surface area contributed by atoms with Crippen molar-refractivity contribution in [2.45, 2.75) is 39.3 Å². The van der Waals surface area contributed by atoms with Crippen molar-refractivity contribution in [3.63, 3.8) is 0 Å². The second-order valence-electron chi connectivity index (χ2n) is 4.60. The lowest BCUT2D eigenvalue weighted by molar-refractivity contribution is 0.336. The molecule has 0 bridgehead atoms. The third-order valence-corrected chi connectivity index (χ3v) is 3.76. The number of hydrogen-bond donors (Lipinski definition) is 1. The number of nitrogens with zero attached hydrogens (tertiary/aromatic N) is 1. The first-order chi connectivity index (χ1) is 8.79. The van der Waals surface area contributed by atoms with Crippen LogP contribution in [0.3, 0.4) is 0 Å². The molecule has 1 aliphatic carbocycles. The minimum Gasteiger partial charge on any atom is -0.491 e. The normalized spacial score (nSPS) is 14.8. The molecule has 2 rings (SSSR count). The predicted octanol–water partition coefficient (Wildman–Crippen LogP) is 2.77. The van der Waals surface area contributed by atoms with E-state index < -0.39 is 0 Å². The van der Waals surface area contributed by atoms with E-state index in [0.29, 0.717) is 6.04 Å². The molecule has 0 aromatic carbocycles. The Bertz CT molecular complexity index is 380. The van der Waals surface area contributed by atoms with Gasteiger partial charge in [0.15, 0.2) is 0 Å². The highest BCUT2D eigenvalue weighted by Gasteiger charge is 2.21. The van der Waals surface area contributed by atoms with Crippen molar-refractivity contribution in [1.82, 2.24) is 10.3 Å². The van der Waals surface area contributed by atoms with Gasteiger partial charge in [0.05, 0.1) is 12.3 Å². The highest BCUT2D eigenvalue weighted by atomic mass is 32.2. The van der Waals surface area contributed by atoms with Crippen molar-refractivity contribution >= 4 is 11.8 Å². The Labute approximate surface area is 114 Å². The van der Waals surface area contributed by atoms with Crippen LogP contribution in [0.4, 0.5) is 0 Å². The summed E-state index contributed by atoms with van der Waals surface area (Å²) >= 11 is 1.90. The highest BCUT2D eigenvalue weighted by Crippen LogP contribution is 2.22. The number of hydrogen-bond acceptors (Lipinski definition) is 4. The topological polar surface area (TPSA) is 34.1 Å². The molecule has 0 saturated heterocycles. The van der Waals surface area contributed by atoms with Gasteiger partial charge in [-0.1, -0.05) is 6.92 Å². The van der Waals surface area contributed by atoms with Crippen molar-refractivity contribution in [2.75, 3.05) is 18.1 Å². The Morgan fingerprint density at radius 2 is 2.28 bits per heavy atom. The summed E-state index contributed by atoms with van der Waals surface area (Å²) in [5.41, 5.74) is 2.10. The van der Waals surface area contributed by atoms with Crippen molar-refractivity contribution < 1.29 is 4.74 Å². The lowest BCUT2D eigenvalue weighted by Gasteiger charge is -2.11. The van der Waals surface area contributed by atoms with Crippen LogP contribution < -0.4 is 10.1 Å². The lowest BCUT2D eigenvalue weighted by Crippen LogP contribution is -2.17. The number of aryl methyl sites for hydroxylation is 1. The van der Waals surface area contributed by atoms with Crippen LogP contribution in [0.2, 0.25) is 0 Å². The average Bonchev–Trinajstić information content (AvgIpc) is 3.18. The van der Waals surface area contributed by atoms with E-state index in [-0.39, 0.29) is 0 Å². The minimum absolute atomic E-state index is 0.704. The smallest absolute Gasteiger partial charge is 0.142 e. The van der Waals surface area contributed by atoms with Crippen LogP contribution in [-0.2, 0) is 6.54 Å². The summed E-state index contributed by atoms with van der Waals surface area (Å²) < 4.78 is 5.82. The second-order valence-corrected chi connectivity index (χ2v) is 5.99. The minimum atomic E-state index is 0.704. The number of nitrogens with one attached hydrogen (secondary N) is 1. The molecule has 4 heteroatoms. The van der Waals surface area contributed by atoms with Gasteiger partial charge in [-0.15, -0.1) is 0 Å². The fraction of sp³-hybridized carbons (Fsp3) is 0.643. The van der Waals surface area contributed by atoms with Gasteiger partial charge in [0, 0.05) is 24.0 Å². The van der Waals surface area contributed by atoms with E-state index in [9.17, 15) is 0 Å². The van der Waals surface area contributed by atoms with Gasteiger partial charge in [0.1, 0.15) is 5.75 Å². The molecule has 100 valence electrons. The molecule has 1 aromatic rings. The fourth-order valence-electron chi connectivity index (χ4n) is 1.74. The molecule has 1 aliphatic rings. The van der Waals surface area contributed by atoms with E-state index in [1.54, 1.807) is 0 Å². The summed E-state index contributed by atoms with van der Waals surface area (Å²) in [5.74, 6) is 3.12. The molecule has 0 unspecified atom stereocenters. The molecule has 0 radical (unpaired) electrons. The number of thioether (sulfide) groups is 1. The number of pyridine rings is 1. The van der Waals surface area contributed by atoms with Gasteiger partial charge in [-0.3, -0.25) is 4.98 Å². The summed E-state index contributed by atoms with van der Waals surface area (Å²) in [6.45, 7) is 5.78. The largest absolute Gasteiger partial charge is 0.491 e. The fourth-order valence-corrected chi connectivity index (χ4v) is 2.23. The van der Waals surface area contributed by atoms with Crippen molar-refractivity contribution in [3.8, 4) is 5.75 Å². The summed E-state index contributed by atoms with van der Waals surface area (Å²) in [6.07, 6.45) is 2.60.